The average molecular weight is 713 g/mol. The highest BCUT2D eigenvalue weighted by molar-refractivity contribution is 6.09. The van der Waals surface area contributed by atoms with Crippen molar-refractivity contribution in [2.45, 2.75) is 86.0 Å². The summed E-state index contributed by atoms with van der Waals surface area (Å²) in [4.78, 5) is 4.88. The van der Waals surface area contributed by atoms with Crippen LogP contribution in [0.15, 0.2) is 121 Å². The maximum Gasteiger partial charge on any atom is 0.137 e. The van der Waals surface area contributed by atoms with Crippen LogP contribution in [0.4, 0.5) is 0 Å². The molecule has 274 valence electrons. The molecule has 8 rings (SSSR count). The number of hydrogen-bond acceptors (Lipinski definition) is 3. The van der Waals surface area contributed by atoms with Crippen LogP contribution in [-0.4, -0.2) is 19.3 Å². The first kappa shape index (κ1) is 35.6. The lowest BCUT2D eigenvalue weighted by Gasteiger charge is -2.32. The summed E-state index contributed by atoms with van der Waals surface area (Å²) >= 11 is 0. The van der Waals surface area contributed by atoms with Gasteiger partial charge in [-0.1, -0.05) is 109 Å². The number of allylic oxidation sites excluding steroid dienone is 2. The molecule has 7 aromatic rings. The van der Waals surface area contributed by atoms with Crippen molar-refractivity contribution in [3.05, 3.63) is 143 Å². The first-order valence-electron chi connectivity index (χ1n) is 19.5. The van der Waals surface area contributed by atoms with Crippen molar-refractivity contribution in [1.29, 1.82) is 0 Å². The second-order valence-corrected chi connectivity index (χ2v) is 16.9. The number of ether oxygens (including phenoxy) is 1. The van der Waals surface area contributed by atoms with Gasteiger partial charge in [-0.15, -0.1) is 0 Å². The fourth-order valence-electron chi connectivity index (χ4n) is 8.80. The van der Waals surface area contributed by atoms with Gasteiger partial charge in [0.15, 0.2) is 0 Å². The SMILES string of the molecule is CC1=C[C@H](C)CC(C)[C@H]1c1c(C)nn(-c2cc(Oc3ccc4c5ccccc5n(-c5cc(C(C)(C)C)ccn5)c4c3)cc(C(C)C)c2)c1-c1ccccc1. The number of para-hydroxylation sites is 1. The fourth-order valence-corrected chi connectivity index (χ4v) is 8.80. The van der Waals surface area contributed by atoms with Gasteiger partial charge in [-0.2, -0.15) is 5.10 Å². The van der Waals surface area contributed by atoms with E-state index in [1.54, 1.807) is 0 Å². The van der Waals surface area contributed by atoms with E-state index in [4.69, 9.17) is 14.8 Å². The molecule has 3 aromatic heterocycles. The lowest BCUT2D eigenvalue weighted by molar-refractivity contribution is 0.391. The van der Waals surface area contributed by atoms with Crippen molar-refractivity contribution >= 4 is 21.8 Å². The highest BCUT2D eigenvalue weighted by atomic mass is 16.5. The Morgan fingerprint density at radius 2 is 1.52 bits per heavy atom. The number of benzene rings is 4. The zero-order valence-electron chi connectivity index (χ0n) is 33.2. The van der Waals surface area contributed by atoms with Gasteiger partial charge in [0.1, 0.15) is 17.3 Å². The van der Waals surface area contributed by atoms with Crippen molar-refractivity contribution in [1.82, 2.24) is 19.3 Å². The molecule has 1 aliphatic carbocycles. The van der Waals surface area contributed by atoms with Gasteiger partial charge < -0.3 is 4.74 Å². The molecular formula is C49H52N4O. The van der Waals surface area contributed by atoms with Crippen LogP contribution >= 0.6 is 0 Å². The minimum atomic E-state index is 0.000866. The molecule has 0 saturated carbocycles. The molecule has 0 spiro atoms. The first-order valence-corrected chi connectivity index (χ1v) is 19.5. The van der Waals surface area contributed by atoms with Gasteiger partial charge in [0, 0.05) is 46.1 Å². The van der Waals surface area contributed by atoms with E-state index in [1.165, 1.54) is 45.0 Å². The Balaban J connectivity index is 1.27. The Morgan fingerprint density at radius 3 is 2.26 bits per heavy atom. The number of hydrogen-bond donors (Lipinski definition) is 0. The Labute approximate surface area is 320 Å². The van der Waals surface area contributed by atoms with Crippen LogP contribution < -0.4 is 4.74 Å². The molecule has 4 aromatic carbocycles. The number of rotatable bonds is 7. The monoisotopic (exact) mass is 712 g/mol. The van der Waals surface area contributed by atoms with E-state index in [9.17, 15) is 0 Å². The molecule has 0 fully saturated rings. The maximum atomic E-state index is 6.87. The molecule has 3 atom stereocenters. The largest absolute Gasteiger partial charge is 0.457 e. The third kappa shape index (κ3) is 6.44. The summed E-state index contributed by atoms with van der Waals surface area (Å²) in [6, 6.07) is 36.7. The summed E-state index contributed by atoms with van der Waals surface area (Å²) in [5.74, 6) is 4.17. The fraction of sp³-hybridized carbons (Fsp3) is 0.306. The molecule has 0 aliphatic heterocycles. The molecule has 3 heterocycles. The standard InChI is InChI=1S/C49H52N4O/c1-30(2)36-25-38(53-48(35-15-11-10-12-16-35)47(34(6)51-53)46-32(4)23-31(3)24-33(46)5)28-40(26-36)54-39-19-20-42-41-17-13-14-18-43(41)52(44(42)29-39)45-27-37(21-22-50-45)49(7,8)9/h10-23,25-31,33,46H,24H2,1-9H3/t31-,33?,46-/m0/s1. The van der Waals surface area contributed by atoms with Crippen molar-refractivity contribution < 1.29 is 4.74 Å². The molecule has 0 saturated heterocycles. The minimum Gasteiger partial charge on any atom is -0.457 e. The van der Waals surface area contributed by atoms with Gasteiger partial charge >= 0.3 is 0 Å². The summed E-state index contributed by atoms with van der Waals surface area (Å²) in [5.41, 5.74) is 11.8. The zero-order valence-corrected chi connectivity index (χ0v) is 33.2. The predicted octanol–water partition coefficient (Wildman–Crippen LogP) is 13.3. The summed E-state index contributed by atoms with van der Waals surface area (Å²) in [6.07, 6.45) is 5.56. The second-order valence-electron chi connectivity index (χ2n) is 16.9. The molecule has 0 radical (unpaired) electrons. The van der Waals surface area contributed by atoms with E-state index in [0.717, 1.165) is 45.4 Å². The molecule has 1 aliphatic rings. The average Bonchev–Trinajstić information content (AvgIpc) is 3.65. The number of fused-ring (bicyclic) bond motifs is 3. The van der Waals surface area contributed by atoms with Crippen LogP contribution in [0.2, 0.25) is 0 Å². The minimum absolute atomic E-state index is 0.000866. The zero-order chi connectivity index (χ0) is 37.9. The predicted molar refractivity (Wildman–Crippen MR) is 225 cm³/mol. The summed E-state index contributed by atoms with van der Waals surface area (Å²) < 4.78 is 11.3. The van der Waals surface area contributed by atoms with Gasteiger partial charge in [-0.3, -0.25) is 4.57 Å². The van der Waals surface area contributed by atoms with E-state index in [2.05, 4.69) is 181 Å². The van der Waals surface area contributed by atoms with Gasteiger partial charge in [-0.25, -0.2) is 9.67 Å². The van der Waals surface area contributed by atoms with Gasteiger partial charge in [0.05, 0.1) is 28.1 Å². The highest BCUT2D eigenvalue weighted by Gasteiger charge is 2.33. The van der Waals surface area contributed by atoms with Crippen LogP contribution in [-0.2, 0) is 5.41 Å². The van der Waals surface area contributed by atoms with Crippen LogP contribution in [0.25, 0.3) is 44.6 Å². The van der Waals surface area contributed by atoms with Crippen LogP contribution in [0.5, 0.6) is 11.5 Å². The van der Waals surface area contributed by atoms with E-state index >= 15 is 0 Å². The topological polar surface area (TPSA) is 44.9 Å². The molecule has 1 unspecified atom stereocenters. The maximum absolute atomic E-state index is 6.87. The summed E-state index contributed by atoms with van der Waals surface area (Å²) in [7, 11) is 0. The van der Waals surface area contributed by atoms with E-state index in [-0.39, 0.29) is 5.41 Å². The summed E-state index contributed by atoms with van der Waals surface area (Å²) in [6.45, 7) is 20.4. The van der Waals surface area contributed by atoms with Crippen molar-refractivity contribution in [3.63, 3.8) is 0 Å². The number of aryl methyl sites for hydroxylation is 1. The molecule has 5 heteroatoms. The van der Waals surface area contributed by atoms with Crippen molar-refractivity contribution in [2.75, 3.05) is 0 Å². The first-order chi connectivity index (χ1) is 25.9. The molecule has 54 heavy (non-hydrogen) atoms. The van der Waals surface area contributed by atoms with Crippen LogP contribution in [0, 0.1) is 18.8 Å². The van der Waals surface area contributed by atoms with Gasteiger partial charge in [0.25, 0.3) is 0 Å². The number of aromatic nitrogens is 4. The van der Waals surface area contributed by atoms with Gasteiger partial charge in [0.2, 0.25) is 0 Å². The van der Waals surface area contributed by atoms with Gasteiger partial charge in [-0.05, 0) is 97.0 Å². The Kier molecular flexibility index (Phi) is 9.08. The number of nitrogens with zero attached hydrogens (tertiary/aromatic N) is 4. The molecule has 0 bridgehead atoms. The third-order valence-corrected chi connectivity index (χ3v) is 11.4. The molecular weight excluding hydrogens is 661 g/mol. The van der Waals surface area contributed by atoms with E-state index in [0.29, 0.717) is 23.7 Å². The lowest BCUT2D eigenvalue weighted by atomic mass is 9.72. The highest BCUT2D eigenvalue weighted by Crippen LogP contribution is 2.46. The second kappa shape index (κ2) is 13.8. The molecule has 0 amide bonds. The Bertz CT molecular complexity index is 2530. The van der Waals surface area contributed by atoms with Crippen LogP contribution in [0.1, 0.15) is 96.0 Å². The Hall–Kier alpha value is -5.42. The summed E-state index contributed by atoms with van der Waals surface area (Å²) in [5, 5.41) is 7.69. The molecule has 0 N–H and O–H groups in total. The van der Waals surface area contributed by atoms with E-state index in [1.807, 2.05) is 6.20 Å². The van der Waals surface area contributed by atoms with Crippen molar-refractivity contribution in [3.8, 4) is 34.3 Å². The number of pyridine rings is 1. The van der Waals surface area contributed by atoms with Crippen molar-refractivity contribution in [2.24, 2.45) is 11.8 Å². The van der Waals surface area contributed by atoms with Crippen LogP contribution in [0.3, 0.4) is 0 Å². The smallest absolute Gasteiger partial charge is 0.137 e. The third-order valence-electron chi connectivity index (χ3n) is 11.4. The Morgan fingerprint density at radius 1 is 0.778 bits per heavy atom. The quantitative estimate of drug-likeness (QED) is 0.155. The lowest BCUT2D eigenvalue weighted by Crippen LogP contribution is -2.20. The normalized spacial score (nSPS) is 17.7. The molecule has 5 nitrogen and oxygen atoms in total. The van der Waals surface area contributed by atoms with E-state index < -0.39 is 0 Å².